The Bertz CT molecular complexity index is 722. The molecular weight excluding hydrogens is 308 g/mol. The Kier molecular flexibility index (Phi) is 5.71. The van der Waals surface area contributed by atoms with Gasteiger partial charge in [0, 0.05) is 29.5 Å². The molecule has 0 N–H and O–H groups in total. The number of para-hydroxylation sites is 1. The molecule has 0 aliphatic heterocycles. The van der Waals surface area contributed by atoms with Gasteiger partial charge in [-0.3, -0.25) is 14.9 Å². The fraction of sp³-hybridized carbons (Fsp3) is 0.471. The summed E-state index contributed by atoms with van der Waals surface area (Å²) in [5, 5.41) is 14.8. The molecule has 0 saturated carbocycles. The van der Waals surface area contributed by atoms with Crippen LogP contribution in [0.25, 0.3) is 16.0 Å². The lowest BCUT2D eigenvalue weighted by atomic mass is 9.70. The molecule has 0 bridgehead atoms. The van der Waals surface area contributed by atoms with Crippen molar-refractivity contribution in [2.45, 2.75) is 39.0 Å². The van der Waals surface area contributed by atoms with E-state index in [1.807, 2.05) is 6.08 Å². The number of hydrogen-bond donors (Lipinski definition) is 0. The number of carbonyl (C=O) groups is 1. The zero-order valence-electron chi connectivity index (χ0n) is 13.6. The average molecular weight is 328 g/mol. The van der Waals surface area contributed by atoms with Crippen LogP contribution in [0.4, 0.5) is 5.69 Å². The van der Waals surface area contributed by atoms with E-state index in [1.54, 1.807) is 18.2 Å². The van der Waals surface area contributed by atoms with E-state index in [2.05, 4.69) is 16.9 Å². The minimum atomic E-state index is -0.451. The van der Waals surface area contributed by atoms with Crippen molar-refractivity contribution in [3.63, 3.8) is 0 Å². The molecule has 0 radical (unpaired) electrons. The summed E-state index contributed by atoms with van der Waals surface area (Å²) >= 11 is 0. The van der Waals surface area contributed by atoms with E-state index in [0.29, 0.717) is 24.1 Å². The number of benzene rings is 1. The Morgan fingerprint density at radius 2 is 2.17 bits per heavy atom. The zero-order chi connectivity index (χ0) is 17.6. The predicted octanol–water partition coefficient (Wildman–Crippen LogP) is 4.83. The number of nitro groups is 1. The first-order valence-corrected chi connectivity index (χ1v) is 8.04. The first-order chi connectivity index (χ1) is 11.5. The van der Waals surface area contributed by atoms with Crippen LogP contribution in [0.5, 0.6) is 0 Å². The number of carbonyl (C=O) groups excluding carboxylic acids is 1. The van der Waals surface area contributed by atoms with Crippen LogP contribution < -0.4 is 0 Å². The zero-order valence-corrected chi connectivity index (χ0v) is 13.6. The van der Waals surface area contributed by atoms with Crippen molar-refractivity contribution in [3.8, 4) is 0 Å². The van der Waals surface area contributed by atoms with E-state index < -0.39 is 4.92 Å². The van der Waals surface area contributed by atoms with Gasteiger partial charge in [0.05, 0.1) is 10.5 Å². The fourth-order valence-corrected chi connectivity index (χ4v) is 3.24. The van der Waals surface area contributed by atoms with Crippen LogP contribution in [0.3, 0.4) is 0 Å². The first-order valence-electron chi connectivity index (χ1n) is 8.04. The number of nitro benzene ring substituents is 1. The van der Waals surface area contributed by atoms with E-state index in [-0.39, 0.29) is 16.9 Å². The second-order valence-electron chi connectivity index (χ2n) is 6.03. The van der Waals surface area contributed by atoms with Gasteiger partial charge in [-0.1, -0.05) is 30.2 Å². The standard InChI is InChI=1S/C17H20N4O3/c1-2-17(9-5-11-19-20-18)10-8-16(22)14(12-17)13-6-3-4-7-15(13)21(23)24/h3-4,6-7,12H,2,5,8-11H2,1H3. The van der Waals surface area contributed by atoms with Gasteiger partial charge in [0.2, 0.25) is 0 Å². The lowest BCUT2D eigenvalue weighted by Crippen LogP contribution is -2.25. The van der Waals surface area contributed by atoms with Crippen molar-refractivity contribution in [3.05, 3.63) is 56.5 Å². The van der Waals surface area contributed by atoms with E-state index in [0.717, 1.165) is 25.7 Å². The maximum absolute atomic E-state index is 12.4. The van der Waals surface area contributed by atoms with Crippen molar-refractivity contribution in [1.82, 2.24) is 0 Å². The molecule has 1 unspecified atom stereocenters. The Morgan fingerprint density at radius 1 is 1.42 bits per heavy atom. The molecule has 126 valence electrons. The molecule has 7 nitrogen and oxygen atoms in total. The minimum Gasteiger partial charge on any atom is -0.294 e. The van der Waals surface area contributed by atoms with E-state index in [1.165, 1.54) is 6.07 Å². The maximum atomic E-state index is 12.4. The third-order valence-corrected chi connectivity index (χ3v) is 4.69. The third kappa shape index (κ3) is 3.81. The van der Waals surface area contributed by atoms with Crippen LogP contribution in [0, 0.1) is 15.5 Å². The van der Waals surface area contributed by atoms with Crippen molar-refractivity contribution >= 4 is 17.0 Å². The van der Waals surface area contributed by atoms with Gasteiger partial charge in [-0.2, -0.15) is 0 Å². The number of azide groups is 1. The van der Waals surface area contributed by atoms with Crippen LogP contribution in [-0.2, 0) is 4.79 Å². The van der Waals surface area contributed by atoms with Gasteiger partial charge in [0.1, 0.15) is 0 Å². The number of allylic oxidation sites excluding steroid dienone is 2. The predicted molar refractivity (Wildman–Crippen MR) is 91.3 cm³/mol. The van der Waals surface area contributed by atoms with Crippen LogP contribution in [0.2, 0.25) is 0 Å². The summed E-state index contributed by atoms with van der Waals surface area (Å²) in [6.07, 6.45) is 5.38. The fourth-order valence-electron chi connectivity index (χ4n) is 3.24. The van der Waals surface area contributed by atoms with Crippen LogP contribution in [0.1, 0.15) is 44.6 Å². The molecule has 24 heavy (non-hydrogen) atoms. The summed E-state index contributed by atoms with van der Waals surface area (Å²) in [5.41, 5.74) is 8.98. The molecule has 0 heterocycles. The van der Waals surface area contributed by atoms with Gasteiger partial charge in [-0.15, -0.1) is 0 Å². The molecule has 0 amide bonds. The van der Waals surface area contributed by atoms with E-state index in [9.17, 15) is 14.9 Å². The lowest BCUT2D eigenvalue weighted by Gasteiger charge is -2.34. The summed E-state index contributed by atoms with van der Waals surface area (Å²) < 4.78 is 0. The van der Waals surface area contributed by atoms with E-state index in [4.69, 9.17) is 5.53 Å². The van der Waals surface area contributed by atoms with Gasteiger partial charge in [-0.25, -0.2) is 0 Å². The normalized spacial score (nSPS) is 20.2. The monoisotopic (exact) mass is 328 g/mol. The summed E-state index contributed by atoms with van der Waals surface area (Å²) in [6.45, 7) is 2.47. The van der Waals surface area contributed by atoms with Gasteiger partial charge in [0.25, 0.3) is 5.69 Å². The summed E-state index contributed by atoms with van der Waals surface area (Å²) in [4.78, 5) is 26.0. The topological polar surface area (TPSA) is 109 Å². The van der Waals surface area contributed by atoms with Crippen LogP contribution >= 0.6 is 0 Å². The highest BCUT2D eigenvalue weighted by Gasteiger charge is 2.34. The van der Waals surface area contributed by atoms with Crippen molar-refractivity contribution in [2.75, 3.05) is 6.54 Å². The van der Waals surface area contributed by atoms with Crippen molar-refractivity contribution < 1.29 is 9.72 Å². The highest BCUT2D eigenvalue weighted by molar-refractivity contribution is 6.22. The minimum absolute atomic E-state index is 0.0434. The average Bonchev–Trinajstić information content (AvgIpc) is 2.60. The molecule has 1 aromatic rings. The quantitative estimate of drug-likeness (QED) is 0.178. The smallest absolute Gasteiger partial charge is 0.277 e. The van der Waals surface area contributed by atoms with Crippen LogP contribution in [0.15, 0.2) is 35.5 Å². The third-order valence-electron chi connectivity index (χ3n) is 4.69. The van der Waals surface area contributed by atoms with E-state index >= 15 is 0 Å². The molecule has 1 aliphatic carbocycles. The van der Waals surface area contributed by atoms with Gasteiger partial charge < -0.3 is 0 Å². The van der Waals surface area contributed by atoms with Gasteiger partial charge in [0.15, 0.2) is 5.78 Å². The van der Waals surface area contributed by atoms with Gasteiger partial charge >= 0.3 is 0 Å². The molecule has 1 atom stereocenters. The number of nitrogens with zero attached hydrogens (tertiary/aromatic N) is 4. The second kappa shape index (κ2) is 7.75. The first kappa shape index (κ1) is 17.7. The SMILES string of the molecule is CCC1(CCCN=[N+]=[N-])C=C(c2ccccc2[N+](=O)[O-])C(=O)CC1. The maximum Gasteiger partial charge on any atom is 0.277 e. The van der Waals surface area contributed by atoms with Gasteiger partial charge in [-0.05, 0) is 42.7 Å². The number of Topliss-reactive ketones (excluding diaryl/α,β-unsaturated/α-hetero) is 1. The molecule has 0 fully saturated rings. The Hall–Kier alpha value is -2.66. The summed E-state index contributed by atoms with van der Waals surface area (Å²) in [7, 11) is 0. The number of rotatable bonds is 7. The molecule has 2 rings (SSSR count). The molecule has 7 heteroatoms. The number of ketones is 1. The van der Waals surface area contributed by atoms with Crippen LogP contribution in [-0.4, -0.2) is 17.3 Å². The molecule has 0 aromatic heterocycles. The largest absolute Gasteiger partial charge is 0.294 e. The van der Waals surface area contributed by atoms with Crippen molar-refractivity contribution in [2.24, 2.45) is 10.5 Å². The Morgan fingerprint density at radius 3 is 2.83 bits per heavy atom. The summed E-state index contributed by atoms with van der Waals surface area (Å²) in [6, 6.07) is 6.36. The molecule has 1 aromatic carbocycles. The number of hydrogen-bond acceptors (Lipinski definition) is 4. The highest BCUT2D eigenvalue weighted by Crippen LogP contribution is 2.43. The second-order valence-corrected chi connectivity index (χ2v) is 6.03. The lowest BCUT2D eigenvalue weighted by molar-refractivity contribution is -0.385. The molecular formula is C17H20N4O3. The summed E-state index contributed by atoms with van der Waals surface area (Å²) in [5.74, 6) is -0.0524. The molecule has 0 saturated heterocycles. The molecule has 0 spiro atoms. The van der Waals surface area contributed by atoms with Crippen molar-refractivity contribution in [1.29, 1.82) is 0 Å². The Labute approximate surface area is 140 Å². The Balaban J connectivity index is 2.40. The highest BCUT2D eigenvalue weighted by atomic mass is 16.6. The molecule has 1 aliphatic rings.